The molecule has 1 aromatic rings. The zero-order valence-corrected chi connectivity index (χ0v) is 38.5. The molecule has 1 saturated carbocycles. The highest BCUT2D eigenvalue weighted by Crippen LogP contribution is 2.29. The molecule has 60 heavy (non-hydrogen) atoms. The lowest BCUT2D eigenvalue weighted by Crippen LogP contribution is -2.64. The van der Waals surface area contributed by atoms with Crippen LogP contribution in [-0.4, -0.2) is 124 Å². The molecule has 6 N–H and O–H groups in total. The van der Waals surface area contributed by atoms with Crippen molar-refractivity contribution in [2.24, 2.45) is 11.8 Å². The van der Waals surface area contributed by atoms with E-state index in [1.807, 2.05) is 46.9 Å². The Morgan fingerprint density at radius 2 is 1.47 bits per heavy atom. The zero-order valence-electron chi connectivity index (χ0n) is 36.8. The van der Waals surface area contributed by atoms with Gasteiger partial charge in [0.2, 0.25) is 29.5 Å². The van der Waals surface area contributed by atoms with E-state index in [0.29, 0.717) is 95.5 Å². The molecular formula is C44H74N6O8S2. The summed E-state index contributed by atoms with van der Waals surface area (Å²) < 4.78 is 16.8. The van der Waals surface area contributed by atoms with Gasteiger partial charge in [0.05, 0.1) is 26.4 Å². The molecule has 0 radical (unpaired) electrons. The minimum absolute atomic E-state index is 0.0519. The highest BCUT2D eigenvalue weighted by Gasteiger charge is 2.43. The van der Waals surface area contributed by atoms with Crippen LogP contribution in [-0.2, 0) is 49.7 Å². The molecule has 0 aromatic heterocycles. The molecule has 4 atom stereocenters. The lowest BCUT2D eigenvalue weighted by Gasteiger charge is -2.38. The highest BCUT2D eigenvalue weighted by atomic mass is 32.2. The third kappa shape index (κ3) is 19.4. The molecule has 0 unspecified atom stereocenters. The maximum atomic E-state index is 14.2. The Bertz CT molecular complexity index is 1450. The molecule has 1 spiro atoms. The van der Waals surface area contributed by atoms with Crippen LogP contribution < -0.4 is 31.9 Å². The van der Waals surface area contributed by atoms with Gasteiger partial charge in [0.25, 0.3) is 0 Å². The molecule has 3 rings (SSSR count). The molecule has 2 aliphatic rings. The number of hydrogen-bond acceptors (Lipinski definition) is 11. The Morgan fingerprint density at radius 1 is 0.833 bits per heavy atom. The summed E-state index contributed by atoms with van der Waals surface area (Å²) >= 11 is 3.21. The van der Waals surface area contributed by atoms with Gasteiger partial charge in [-0.25, -0.2) is 0 Å². The van der Waals surface area contributed by atoms with Crippen LogP contribution >= 0.6 is 23.5 Å². The van der Waals surface area contributed by atoms with Crippen LogP contribution in [0.15, 0.2) is 24.3 Å². The summed E-state index contributed by atoms with van der Waals surface area (Å²) in [5.41, 5.74) is 1.12. The largest absolute Gasteiger partial charge is 0.379 e. The standard InChI is InChI=1S/C44H74N6O8S2/c1-6-33(4)39-42(54)47-37(40(52)46-19-12-21-57-23-25-58-24-22-56-20-11-18-45-5)31-60-30-35-14-10-13-34(28-35)29-59-26-15-38(51)50-44(16-8-7-9-17-44)43(55)48-36(27-32(2)3)41(53)49-39/h10,13-14,28,32-33,36-37,39,45H,6-9,11-12,15-27,29-31H2,1-5H3,(H,46,52)(H,47,54)(H,48,55)(H,49,53)(H,50,51)/t33-,36-,37-,39-/m0/s1. The number of thioether (sulfide) groups is 2. The van der Waals surface area contributed by atoms with Gasteiger partial charge in [-0.3, -0.25) is 24.0 Å². The maximum Gasteiger partial charge on any atom is 0.246 e. The summed E-state index contributed by atoms with van der Waals surface area (Å²) in [4.78, 5) is 69.4. The van der Waals surface area contributed by atoms with Crippen LogP contribution in [0.1, 0.15) is 103 Å². The van der Waals surface area contributed by atoms with E-state index >= 15 is 0 Å². The number of nitrogens with one attached hydrogen (secondary N) is 6. The fraction of sp³-hybridized carbons (Fsp3) is 0.750. The quantitative estimate of drug-likeness (QED) is 0.110. The summed E-state index contributed by atoms with van der Waals surface area (Å²) in [5.74, 6) is 0.267. The number of fused-ring (bicyclic) bond motifs is 2. The lowest BCUT2D eigenvalue weighted by molar-refractivity contribution is -0.138. The van der Waals surface area contributed by atoms with Crippen molar-refractivity contribution in [2.75, 3.05) is 71.3 Å². The van der Waals surface area contributed by atoms with Crippen molar-refractivity contribution in [3.63, 3.8) is 0 Å². The monoisotopic (exact) mass is 879 g/mol. The van der Waals surface area contributed by atoms with Gasteiger partial charge in [0.15, 0.2) is 0 Å². The average Bonchev–Trinajstić information content (AvgIpc) is 3.23. The number of carbonyl (C=O) groups is 5. The first-order valence-corrected chi connectivity index (χ1v) is 24.4. The second-order valence-electron chi connectivity index (χ2n) is 16.4. The highest BCUT2D eigenvalue weighted by molar-refractivity contribution is 7.98. The molecule has 1 aromatic carbocycles. The first kappa shape index (κ1) is 51.5. The Labute approximate surface area is 367 Å². The number of rotatable bonds is 19. The summed E-state index contributed by atoms with van der Waals surface area (Å²) in [7, 11) is 1.92. The first-order chi connectivity index (χ1) is 29.0. The Balaban J connectivity index is 1.72. The van der Waals surface area contributed by atoms with Gasteiger partial charge in [-0.15, -0.1) is 0 Å². The third-order valence-electron chi connectivity index (χ3n) is 10.8. The Kier molecular flexibility index (Phi) is 25.2. The topological polar surface area (TPSA) is 185 Å². The van der Waals surface area contributed by atoms with Gasteiger partial charge in [-0.2, -0.15) is 23.5 Å². The molecule has 5 amide bonds. The minimum atomic E-state index is -1.10. The number of hydrogen-bond donors (Lipinski definition) is 6. The summed E-state index contributed by atoms with van der Waals surface area (Å²) in [6, 6.07) is 5.51. The molecule has 0 saturated heterocycles. The first-order valence-electron chi connectivity index (χ1n) is 22.1. The van der Waals surface area contributed by atoms with Crippen molar-refractivity contribution in [1.82, 2.24) is 31.9 Å². The molecule has 14 nitrogen and oxygen atoms in total. The molecule has 340 valence electrons. The zero-order chi connectivity index (χ0) is 43.6. The van der Waals surface area contributed by atoms with E-state index in [1.165, 1.54) is 0 Å². The number of ether oxygens (including phenoxy) is 3. The Morgan fingerprint density at radius 3 is 2.10 bits per heavy atom. The van der Waals surface area contributed by atoms with Crippen LogP contribution in [0.4, 0.5) is 0 Å². The van der Waals surface area contributed by atoms with Gasteiger partial charge in [-0.1, -0.05) is 77.6 Å². The molecule has 1 aliphatic carbocycles. The van der Waals surface area contributed by atoms with Gasteiger partial charge >= 0.3 is 0 Å². The van der Waals surface area contributed by atoms with Crippen LogP contribution in [0.2, 0.25) is 0 Å². The van der Waals surface area contributed by atoms with E-state index < -0.39 is 35.5 Å². The van der Waals surface area contributed by atoms with Crippen molar-refractivity contribution in [3.05, 3.63) is 35.4 Å². The van der Waals surface area contributed by atoms with Crippen LogP contribution in [0, 0.1) is 11.8 Å². The molecular weight excluding hydrogens is 805 g/mol. The molecule has 1 heterocycles. The molecule has 2 bridgehead atoms. The third-order valence-corrected chi connectivity index (χ3v) is 12.9. The van der Waals surface area contributed by atoms with E-state index in [0.717, 1.165) is 49.1 Å². The van der Waals surface area contributed by atoms with Crippen molar-refractivity contribution in [1.29, 1.82) is 0 Å². The average molecular weight is 879 g/mol. The van der Waals surface area contributed by atoms with Crippen LogP contribution in [0.5, 0.6) is 0 Å². The summed E-state index contributed by atoms with van der Waals surface area (Å²) in [6.07, 6.45) is 6.29. The number of carbonyl (C=O) groups excluding carboxylic acids is 5. The second kappa shape index (κ2) is 29.4. The fourth-order valence-electron chi connectivity index (χ4n) is 7.15. The normalized spacial score (nSPS) is 21.8. The minimum Gasteiger partial charge on any atom is -0.379 e. The van der Waals surface area contributed by atoms with E-state index in [2.05, 4.69) is 44.0 Å². The van der Waals surface area contributed by atoms with Gasteiger partial charge in [0.1, 0.15) is 23.7 Å². The van der Waals surface area contributed by atoms with E-state index in [1.54, 1.807) is 23.5 Å². The van der Waals surface area contributed by atoms with Crippen LogP contribution in [0.25, 0.3) is 0 Å². The van der Waals surface area contributed by atoms with Crippen molar-refractivity contribution in [2.45, 2.75) is 127 Å². The summed E-state index contributed by atoms with van der Waals surface area (Å²) in [5, 5.41) is 18.1. The SMILES string of the molecule is CC[C@H](C)[C@@H]1NC(=O)[C@H](CC(C)C)NC(=O)C2(CCCCC2)NC(=O)CCSCc2cccc(c2)CSC[C@@H](C(=O)NCCCOCCOCCOCCCNC)NC1=O. The predicted molar refractivity (Wildman–Crippen MR) is 241 cm³/mol. The van der Waals surface area contributed by atoms with E-state index in [4.69, 9.17) is 14.2 Å². The van der Waals surface area contributed by atoms with Crippen LogP contribution in [0.3, 0.4) is 0 Å². The predicted octanol–water partition coefficient (Wildman–Crippen LogP) is 4.09. The fourth-order valence-corrected chi connectivity index (χ4v) is 9.05. The van der Waals surface area contributed by atoms with E-state index in [9.17, 15) is 24.0 Å². The molecule has 1 aliphatic heterocycles. The van der Waals surface area contributed by atoms with Crippen molar-refractivity contribution >= 4 is 53.1 Å². The van der Waals surface area contributed by atoms with Crippen molar-refractivity contribution in [3.8, 4) is 0 Å². The smallest absolute Gasteiger partial charge is 0.246 e. The van der Waals surface area contributed by atoms with Gasteiger partial charge in [0, 0.05) is 49.2 Å². The van der Waals surface area contributed by atoms with E-state index in [-0.39, 0.29) is 36.0 Å². The maximum absolute atomic E-state index is 14.2. The molecule has 16 heteroatoms. The number of benzene rings is 1. The second-order valence-corrected chi connectivity index (χ2v) is 18.5. The van der Waals surface area contributed by atoms with Gasteiger partial charge < -0.3 is 46.1 Å². The van der Waals surface area contributed by atoms with Crippen molar-refractivity contribution < 1.29 is 38.2 Å². The Hall–Kier alpha value is -2.89. The number of amides is 5. The summed E-state index contributed by atoms with van der Waals surface area (Å²) in [6.45, 7) is 12.1. The van der Waals surface area contributed by atoms with Gasteiger partial charge in [-0.05, 0) is 68.7 Å². The molecule has 1 fully saturated rings. The lowest BCUT2D eigenvalue weighted by atomic mass is 9.80.